The highest BCUT2D eigenvalue weighted by Gasteiger charge is 2.45. The number of para-hydroxylation sites is 1. The fourth-order valence-corrected chi connectivity index (χ4v) is 2.56. The first-order chi connectivity index (χ1) is 8.07. The molecule has 17 heavy (non-hydrogen) atoms. The maximum absolute atomic E-state index is 13.0. The van der Waals surface area contributed by atoms with Crippen molar-refractivity contribution in [1.29, 1.82) is 0 Å². The van der Waals surface area contributed by atoms with Gasteiger partial charge in [-0.15, -0.1) is 8.78 Å². The second kappa shape index (κ2) is 3.57. The van der Waals surface area contributed by atoms with E-state index in [9.17, 15) is 8.78 Å². The topological polar surface area (TPSA) is 21.7 Å². The SMILES string of the molecule is CN1CCCC1c1cccc2c1OC(F)(F)O2. The van der Waals surface area contributed by atoms with E-state index in [4.69, 9.17) is 0 Å². The van der Waals surface area contributed by atoms with Gasteiger partial charge in [0.15, 0.2) is 11.5 Å². The Morgan fingerprint density at radius 3 is 2.88 bits per heavy atom. The lowest BCUT2D eigenvalue weighted by Gasteiger charge is -2.20. The smallest absolute Gasteiger partial charge is 0.395 e. The molecule has 0 amide bonds. The molecule has 92 valence electrons. The molecule has 1 aromatic rings. The summed E-state index contributed by atoms with van der Waals surface area (Å²) >= 11 is 0. The molecule has 1 aromatic carbocycles. The molecule has 3 nitrogen and oxygen atoms in total. The zero-order valence-electron chi connectivity index (χ0n) is 9.45. The molecule has 0 N–H and O–H groups in total. The van der Waals surface area contributed by atoms with Gasteiger partial charge in [-0.25, -0.2) is 0 Å². The van der Waals surface area contributed by atoms with E-state index in [0.29, 0.717) is 0 Å². The Balaban J connectivity index is 2.00. The van der Waals surface area contributed by atoms with Crippen molar-refractivity contribution >= 4 is 0 Å². The Hall–Kier alpha value is -1.36. The largest absolute Gasteiger partial charge is 0.586 e. The molecule has 2 aliphatic rings. The Morgan fingerprint density at radius 2 is 2.18 bits per heavy atom. The molecule has 0 bridgehead atoms. The molecule has 2 aliphatic heterocycles. The first kappa shape index (κ1) is 10.8. The number of alkyl halides is 2. The zero-order valence-corrected chi connectivity index (χ0v) is 9.45. The monoisotopic (exact) mass is 241 g/mol. The van der Waals surface area contributed by atoms with Crippen LogP contribution in [0.3, 0.4) is 0 Å². The fourth-order valence-electron chi connectivity index (χ4n) is 2.56. The summed E-state index contributed by atoms with van der Waals surface area (Å²) in [4.78, 5) is 2.15. The van der Waals surface area contributed by atoms with Crippen molar-refractivity contribution < 1.29 is 18.3 Å². The first-order valence-corrected chi connectivity index (χ1v) is 5.66. The number of nitrogens with zero attached hydrogens (tertiary/aromatic N) is 1. The average Bonchev–Trinajstić information content (AvgIpc) is 2.78. The minimum absolute atomic E-state index is 0.132. The summed E-state index contributed by atoms with van der Waals surface area (Å²) in [7, 11) is 1.99. The molecule has 0 spiro atoms. The molecule has 0 radical (unpaired) electrons. The van der Waals surface area contributed by atoms with Gasteiger partial charge in [-0.2, -0.15) is 0 Å². The van der Waals surface area contributed by atoms with Crippen molar-refractivity contribution in [2.75, 3.05) is 13.6 Å². The average molecular weight is 241 g/mol. The number of likely N-dealkylation sites (tertiary alicyclic amines) is 1. The highest BCUT2D eigenvalue weighted by atomic mass is 19.3. The van der Waals surface area contributed by atoms with E-state index in [1.54, 1.807) is 6.07 Å². The van der Waals surface area contributed by atoms with E-state index < -0.39 is 6.29 Å². The van der Waals surface area contributed by atoms with Crippen LogP contribution in [0.15, 0.2) is 18.2 Å². The van der Waals surface area contributed by atoms with Gasteiger partial charge in [0.25, 0.3) is 0 Å². The van der Waals surface area contributed by atoms with E-state index >= 15 is 0 Å². The number of fused-ring (bicyclic) bond motifs is 1. The molecule has 0 aliphatic carbocycles. The molecule has 0 aromatic heterocycles. The molecule has 5 heteroatoms. The highest BCUT2D eigenvalue weighted by molar-refractivity contribution is 5.50. The minimum Gasteiger partial charge on any atom is -0.395 e. The van der Waals surface area contributed by atoms with Gasteiger partial charge in [0, 0.05) is 11.6 Å². The fraction of sp³-hybridized carbons (Fsp3) is 0.500. The summed E-state index contributed by atoms with van der Waals surface area (Å²) in [6.07, 6.45) is -1.50. The van der Waals surface area contributed by atoms with Crippen LogP contribution in [-0.4, -0.2) is 24.8 Å². The summed E-state index contributed by atoms with van der Waals surface area (Å²) in [5.41, 5.74) is 0.791. The second-order valence-electron chi connectivity index (χ2n) is 4.48. The van der Waals surface area contributed by atoms with Crippen molar-refractivity contribution in [3.05, 3.63) is 23.8 Å². The predicted octanol–water partition coefficient (Wildman–Crippen LogP) is 2.77. The van der Waals surface area contributed by atoms with Crippen molar-refractivity contribution in [1.82, 2.24) is 4.90 Å². The van der Waals surface area contributed by atoms with Crippen LogP contribution < -0.4 is 9.47 Å². The van der Waals surface area contributed by atoms with Gasteiger partial charge in [0.05, 0.1) is 0 Å². The standard InChI is InChI=1S/C12H13F2NO2/c1-15-7-3-5-9(15)8-4-2-6-10-11(8)17-12(13,14)16-10/h2,4,6,9H,3,5,7H2,1H3. The number of rotatable bonds is 1. The molecule has 0 saturated carbocycles. The molecule has 2 heterocycles. The molecular weight excluding hydrogens is 228 g/mol. The molecule has 1 fully saturated rings. The number of halogens is 2. The van der Waals surface area contributed by atoms with Crippen LogP contribution in [0.1, 0.15) is 24.4 Å². The Labute approximate surface area is 97.9 Å². The third-order valence-electron chi connectivity index (χ3n) is 3.34. The number of ether oxygens (including phenoxy) is 2. The lowest BCUT2D eigenvalue weighted by molar-refractivity contribution is -0.287. The van der Waals surface area contributed by atoms with Crippen LogP contribution in [-0.2, 0) is 0 Å². The van der Waals surface area contributed by atoms with Crippen LogP contribution in [0.2, 0.25) is 0 Å². The molecule has 1 saturated heterocycles. The van der Waals surface area contributed by atoms with Gasteiger partial charge in [-0.1, -0.05) is 12.1 Å². The quantitative estimate of drug-likeness (QED) is 0.754. The Bertz CT molecular complexity index is 450. The highest BCUT2D eigenvalue weighted by Crippen LogP contribution is 2.47. The maximum atomic E-state index is 13.0. The van der Waals surface area contributed by atoms with Crippen molar-refractivity contribution in [2.24, 2.45) is 0 Å². The normalized spacial score (nSPS) is 26.4. The van der Waals surface area contributed by atoms with E-state index in [-0.39, 0.29) is 17.5 Å². The van der Waals surface area contributed by atoms with E-state index in [1.165, 1.54) is 6.07 Å². The van der Waals surface area contributed by atoms with Gasteiger partial charge in [0.1, 0.15) is 0 Å². The molecule has 3 rings (SSSR count). The molecule has 1 unspecified atom stereocenters. The summed E-state index contributed by atoms with van der Waals surface area (Å²) in [5, 5.41) is 0. The zero-order chi connectivity index (χ0) is 12.0. The number of benzene rings is 1. The van der Waals surface area contributed by atoms with Gasteiger partial charge in [0.2, 0.25) is 0 Å². The predicted molar refractivity (Wildman–Crippen MR) is 57.3 cm³/mol. The lowest BCUT2D eigenvalue weighted by atomic mass is 10.0. The van der Waals surface area contributed by atoms with Crippen molar-refractivity contribution in [2.45, 2.75) is 25.2 Å². The van der Waals surface area contributed by atoms with Crippen molar-refractivity contribution in [3.8, 4) is 11.5 Å². The van der Waals surface area contributed by atoms with Crippen LogP contribution in [0.25, 0.3) is 0 Å². The van der Waals surface area contributed by atoms with Gasteiger partial charge in [-0.3, -0.25) is 4.90 Å². The van der Waals surface area contributed by atoms with Crippen LogP contribution in [0.4, 0.5) is 8.78 Å². The second-order valence-corrected chi connectivity index (χ2v) is 4.48. The maximum Gasteiger partial charge on any atom is 0.586 e. The summed E-state index contributed by atoms with van der Waals surface area (Å²) in [5.74, 6) is 0.323. The van der Waals surface area contributed by atoms with E-state index in [2.05, 4.69) is 14.4 Å². The minimum atomic E-state index is -3.53. The van der Waals surface area contributed by atoms with E-state index in [0.717, 1.165) is 24.9 Å². The van der Waals surface area contributed by atoms with Crippen LogP contribution in [0, 0.1) is 0 Å². The Morgan fingerprint density at radius 1 is 1.35 bits per heavy atom. The van der Waals surface area contributed by atoms with Crippen molar-refractivity contribution in [3.63, 3.8) is 0 Å². The van der Waals surface area contributed by atoms with Crippen LogP contribution >= 0.6 is 0 Å². The van der Waals surface area contributed by atoms with Crippen LogP contribution in [0.5, 0.6) is 11.5 Å². The Kier molecular flexibility index (Phi) is 2.26. The molecule has 1 atom stereocenters. The summed E-state index contributed by atoms with van der Waals surface area (Å²) < 4.78 is 35.1. The number of hydrogen-bond acceptors (Lipinski definition) is 3. The van der Waals surface area contributed by atoms with Gasteiger partial charge >= 0.3 is 6.29 Å². The van der Waals surface area contributed by atoms with Gasteiger partial charge < -0.3 is 9.47 Å². The first-order valence-electron chi connectivity index (χ1n) is 5.66. The molecular formula is C12H13F2NO2. The summed E-state index contributed by atoms with van der Waals surface area (Å²) in [6.45, 7) is 0.978. The number of hydrogen-bond donors (Lipinski definition) is 0. The third-order valence-corrected chi connectivity index (χ3v) is 3.34. The third kappa shape index (κ3) is 1.74. The van der Waals surface area contributed by atoms with E-state index in [1.807, 2.05) is 13.1 Å². The van der Waals surface area contributed by atoms with Gasteiger partial charge in [-0.05, 0) is 32.5 Å². The summed E-state index contributed by atoms with van der Waals surface area (Å²) in [6, 6.07) is 5.21. The lowest BCUT2D eigenvalue weighted by Crippen LogP contribution is -2.26.